The van der Waals surface area contributed by atoms with Crippen molar-refractivity contribution in [3.8, 4) is 0 Å². The molecule has 0 aliphatic carbocycles. The van der Waals surface area contributed by atoms with Crippen molar-refractivity contribution in [1.82, 2.24) is 24.4 Å². The van der Waals surface area contributed by atoms with E-state index in [0.717, 1.165) is 16.8 Å². The summed E-state index contributed by atoms with van der Waals surface area (Å²) >= 11 is 0. The van der Waals surface area contributed by atoms with Crippen molar-refractivity contribution in [2.45, 2.75) is 31.5 Å². The molecule has 0 atom stereocenters. The number of benzene rings is 1. The molecule has 0 saturated carbocycles. The summed E-state index contributed by atoms with van der Waals surface area (Å²) in [6.45, 7) is 1.72. The lowest BCUT2D eigenvalue weighted by atomic mass is 10.00. The maximum Gasteiger partial charge on any atom is 0.389 e. The second-order valence-electron chi connectivity index (χ2n) is 9.23. The van der Waals surface area contributed by atoms with Gasteiger partial charge in [-0.2, -0.15) is 18.2 Å². The lowest BCUT2D eigenvalue weighted by Gasteiger charge is -2.36. The molecule has 2 aromatic heterocycles. The highest BCUT2D eigenvalue weighted by Crippen LogP contribution is 2.28. The van der Waals surface area contributed by atoms with E-state index in [4.69, 9.17) is 5.73 Å². The number of rotatable bonds is 6. The van der Waals surface area contributed by atoms with Crippen molar-refractivity contribution < 1.29 is 22.8 Å². The van der Waals surface area contributed by atoms with Crippen molar-refractivity contribution in [1.29, 1.82) is 0 Å². The third kappa shape index (κ3) is 5.58. The van der Waals surface area contributed by atoms with Gasteiger partial charge in [-0.05, 0) is 48.4 Å². The van der Waals surface area contributed by atoms with Crippen LogP contribution in [-0.4, -0.2) is 74.6 Å². The quantitative estimate of drug-likeness (QED) is 0.524. The first kappa shape index (κ1) is 24.8. The zero-order chi connectivity index (χ0) is 26.2. The second kappa shape index (κ2) is 9.85. The van der Waals surface area contributed by atoms with Crippen LogP contribution in [0.3, 0.4) is 0 Å². The Morgan fingerprint density at radius 1 is 1.11 bits per heavy atom. The molecule has 9 nitrogen and oxygen atoms in total. The fourth-order valence-electron chi connectivity index (χ4n) is 4.44. The Balaban J connectivity index is 1.26. The number of nitrogens with two attached hydrogens (primary N) is 1. The lowest BCUT2D eigenvalue weighted by Crippen LogP contribution is -2.57. The Morgan fingerprint density at radius 3 is 2.51 bits per heavy atom. The molecule has 2 aliphatic heterocycles. The molecule has 4 heterocycles. The number of pyridine rings is 1. The van der Waals surface area contributed by atoms with E-state index in [-0.39, 0.29) is 18.5 Å². The summed E-state index contributed by atoms with van der Waals surface area (Å²) in [5, 5.41) is 7.63. The van der Waals surface area contributed by atoms with E-state index in [9.17, 15) is 22.8 Å². The molecule has 1 aromatic carbocycles. The minimum absolute atomic E-state index is 0.0463. The molecule has 2 amide bonds. The normalized spacial score (nSPS) is 16.5. The standard InChI is InChI=1S/C25H26F3N7O2/c26-25(27,28)10-7-21(36)33-12-8-16(9-13-33)20-2-1-11-35-22(20)31-24(32-35)30-19-5-3-17(4-6-19)23(37)34-14-18(29)15-34/h1-6,8,11,18H,7,9-10,12-15,29H2,(H,30,32). The van der Waals surface area contributed by atoms with Crippen LogP contribution in [-0.2, 0) is 4.79 Å². The van der Waals surface area contributed by atoms with Crippen molar-refractivity contribution in [2.24, 2.45) is 5.73 Å². The van der Waals surface area contributed by atoms with Crippen LogP contribution in [0.5, 0.6) is 0 Å². The fourth-order valence-corrected chi connectivity index (χ4v) is 4.44. The van der Waals surface area contributed by atoms with Crippen LogP contribution in [0, 0.1) is 0 Å². The van der Waals surface area contributed by atoms with E-state index < -0.39 is 24.9 Å². The predicted octanol–water partition coefficient (Wildman–Crippen LogP) is 3.21. The van der Waals surface area contributed by atoms with Gasteiger partial charge in [0.1, 0.15) is 0 Å². The van der Waals surface area contributed by atoms with Crippen LogP contribution in [0.2, 0.25) is 0 Å². The SMILES string of the molecule is NC1CN(C(=O)c2ccc(Nc3nc4c(C5=CCN(C(=O)CCC(F)(F)F)CC5)cccn4n3)cc2)C1. The molecule has 2 aliphatic rings. The van der Waals surface area contributed by atoms with Crippen molar-refractivity contribution in [3.05, 3.63) is 59.8 Å². The number of aromatic nitrogens is 3. The van der Waals surface area contributed by atoms with E-state index in [0.29, 0.717) is 43.2 Å². The number of carbonyl (C=O) groups excluding carboxylic acids is 2. The molecular weight excluding hydrogens is 487 g/mol. The average molecular weight is 514 g/mol. The minimum Gasteiger partial charge on any atom is -0.339 e. The van der Waals surface area contributed by atoms with Gasteiger partial charge in [-0.1, -0.05) is 6.08 Å². The van der Waals surface area contributed by atoms with Crippen LogP contribution >= 0.6 is 0 Å². The number of fused-ring (bicyclic) bond motifs is 1. The van der Waals surface area contributed by atoms with Gasteiger partial charge in [-0.3, -0.25) is 9.59 Å². The summed E-state index contributed by atoms with van der Waals surface area (Å²) in [5.41, 5.74) is 9.48. The highest BCUT2D eigenvalue weighted by molar-refractivity contribution is 5.95. The molecular formula is C25H26F3N7O2. The number of carbonyl (C=O) groups is 2. The summed E-state index contributed by atoms with van der Waals surface area (Å²) in [4.78, 5) is 32.3. The summed E-state index contributed by atoms with van der Waals surface area (Å²) in [6.07, 6.45) is -1.86. The van der Waals surface area contributed by atoms with Crippen LogP contribution in [0.1, 0.15) is 35.2 Å². The highest BCUT2D eigenvalue weighted by Gasteiger charge is 2.30. The monoisotopic (exact) mass is 513 g/mol. The summed E-state index contributed by atoms with van der Waals surface area (Å²) in [7, 11) is 0. The molecule has 1 fully saturated rings. The van der Waals surface area contributed by atoms with Crippen molar-refractivity contribution in [2.75, 3.05) is 31.5 Å². The molecule has 194 valence electrons. The van der Waals surface area contributed by atoms with Gasteiger partial charge in [0, 0.05) is 61.7 Å². The smallest absolute Gasteiger partial charge is 0.339 e. The molecule has 0 radical (unpaired) electrons. The summed E-state index contributed by atoms with van der Waals surface area (Å²) in [6, 6.07) is 10.8. The summed E-state index contributed by atoms with van der Waals surface area (Å²) in [5.74, 6) is -0.174. The molecule has 12 heteroatoms. The number of nitrogens with zero attached hydrogens (tertiary/aromatic N) is 5. The Kier molecular flexibility index (Phi) is 6.59. The van der Waals surface area contributed by atoms with Gasteiger partial charge in [0.2, 0.25) is 11.9 Å². The minimum atomic E-state index is -4.34. The zero-order valence-electron chi connectivity index (χ0n) is 19.9. The predicted molar refractivity (Wildman–Crippen MR) is 131 cm³/mol. The Labute approximate surface area is 210 Å². The number of alkyl halides is 3. The largest absolute Gasteiger partial charge is 0.389 e. The van der Waals surface area contributed by atoms with E-state index >= 15 is 0 Å². The first-order valence-electron chi connectivity index (χ1n) is 12.0. The topological polar surface area (TPSA) is 109 Å². The van der Waals surface area contributed by atoms with E-state index in [1.807, 2.05) is 18.2 Å². The molecule has 37 heavy (non-hydrogen) atoms. The summed E-state index contributed by atoms with van der Waals surface area (Å²) < 4.78 is 39.0. The number of hydrogen-bond donors (Lipinski definition) is 2. The molecule has 3 N–H and O–H groups in total. The Hall–Kier alpha value is -3.93. The van der Waals surface area contributed by atoms with Gasteiger partial charge in [0.05, 0.1) is 6.42 Å². The van der Waals surface area contributed by atoms with Crippen molar-refractivity contribution in [3.63, 3.8) is 0 Å². The number of likely N-dealkylation sites (tertiary alicyclic amines) is 1. The molecule has 0 unspecified atom stereocenters. The molecule has 0 spiro atoms. The number of anilines is 2. The average Bonchev–Trinajstić information content (AvgIpc) is 3.27. The van der Waals surface area contributed by atoms with E-state index in [1.165, 1.54) is 4.90 Å². The number of hydrogen-bond acceptors (Lipinski definition) is 6. The molecule has 1 saturated heterocycles. The van der Waals surface area contributed by atoms with Gasteiger partial charge in [-0.25, -0.2) is 4.52 Å². The van der Waals surface area contributed by atoms with Crippen LogP contribution < -0.4 is 11.1 Å². The Bertz CT molecular complexity index is 1340. The second-order valence-corrected chi connectivity index (χ2v) is 9.23. The van der Waals surface area contributed by atoms with Gasteiger partial charge in [0.15, 0.2) is 5.65 Å². The van der Waals surface area contributed by atoms with Crippen molar-refractivity contribution >= 4 is 34.7 Å². The first-order chi connectivity index (χ1) is 17.7. The van der Waals surface area contributed by atoms with E-state index in [2.05, 4.69) is 15.4 Å². The van der Waals surface area contributed by atoms with E-state index in [1.54, 1.807) is 39.9 Å². The van der Waals surface area contributed by atoms with Gasteiger partial charge >= 0.3 is 6.18 Å². The van der Waals surface area contributed by atoms with Gasteiger partial charge in [-0.15, -0.1) is 5.10 Å². The lowest BCUT2D eigenvalue weighted by molar-refractivity contribution is -0.148. The van der Waals surface area contributed by atoms with Crippen LogP contribution in [0.15, 0.2) is 48.7 Å². The Morgan fingerprint density at radius 2 is 1.86 bits per heavy atom. The number of nitrogens with one attached hydrogen (secondary N) is 1. The van der Waals surface area contributed by atoms with Crippen LogP contribution in [0.4, 0.5) is 24.8 Å². The zero-order valence-corrected chi connectivity index (χ0v) is 19.9. The maximum atomic E-state index is 12.4. The maximum absolute atomic E-state index is 12.4. The highest BCUT2D eigenvalue weighted by atomic mass is 19.4. The third-order valence-corrected chi connectivity index (χ3v) is 6.48. The van der Waals surface area contributed by atoms with Gasteiger partial charge < -0.3 is 20.9 Å². The fraction of sp³-hybridized carbons (Fsp3) is 0.360. The molecule has 3 aromatic rings. The number of halogens is 3. The molecule has 0 bridgehead atoms. The molecule has 5 rings (SSSR count). The van der Waals surface area contributed by atoms with Gasteiger partial charge in [0.25, 0.3) is 5.91 Å². The first-order valence-corrected chi connectivity index (χ1v) is 12.0. The third-order valence-electron chi connectivity index (χ3n) is 6.48. The van der Waals surface area contributed by atoms with Crippen LogP contribution in [0.25, 0.3) is 11.2 Å². The number of amides is 2.